The first kappa shape index (κ1) is 20.7. The Morgan fingerprint density at radius 2 is 1.86 bits per heavy atom. The van der Waals surface area contributed by atoms with Crippen molar-refractivity contribution in [3.63, 3.8) is 0 Å². The molecule has 3 rings (SSSR count). The molecular formula is C22H17F3O3S. The molecule has 0 aliphatic heterocycles. The van der Waals surface area contributed by atoms with E-state index in [0.29, 0.717) is 11.3 Å². The number of rotatable bonds is 7. The van der Waals surface area contributed by atoms with E-state index in [1.807, 2.05) is 29.6 Å². The highest BCUT2D eigenvalue weighted by Crippen LogP contribution is 2.31. The van der Waals surface area contributed by atoms with Crippen molar-refractivity contribution in [1.29, 1.82) is 0 Å². The lowest BCUT2D eigenvalue weighted by Gasteiger charge is -2.07. The van der Waals surface area contributed by atoms with Gasteiger partial charge in [-0.2, -0.15) is 13.2 Å². The Bertz CT molecular complexity index is 1000. The van der Waals surface area contributed by atoms with E-state index in [1.165, 1.54) is 23.5 Å². The molecule has 0 amide bonds. The third-order valence-electron chi connectivity index (χ3n) is 4.10. The number of carbonyl (C=O) groups is 1. The quantitative estimate of drug-likeness (QED) is 0.500. The van der Waals surface area contributed by atoms with Crippen LogP contribution in [0.15, 0.2) is 66.1 Å². The number of thiophene rings is 1. The molecule has 0 aliphatic carbocycles. The Morgan fingerprint density at radius 1 is 1.10 bits per heavy atom. The number of carboxylic acid groups (broad SMARTS) is 1. The van der Waals surface area contributed by atoms with Crippen LogP contribution in [0.4, 0.5) is 13.2 Å². The molecule has 3 nitrogen and oxygen atoms in total. The third kappa shape index (κ3) is 5.71. The summed E-state index contributed by atoms with van der Waals surface area (Å²) in [5, 5.41) is 10.9. The number of carboxylic acids is 1. The minimum atomic E-state index is -4.34. The van der Waals surface area contributed by atoms with E-state index in [0.717, 1.165) is 28.1 Å². The summed E-state index contributed by atoms with van der Waals surface area (Å²) in [5.41, 5.74) is 1.69. The van der Waals surface area contributed by atoms with Gasteiger partial charge in [-0.15, -0.1) is 11.3 Å². The highest BCUT2D eigenvalue weighted by molar-refractivity contribution is 7.10. The number of ether oxygens (including phenoxy) is 1. The number of aliphatic carboxylic acids is 1. The molecule has 2 aromatic carbocycles. The average Bonchev–Trinajstić information content (AvgIpc) is 3.12. The first-order valence-electron chi connectivity index (χ1n) is 8.68. The molecule has 1 heterocycles. The van der Waals surface area contributed by atoms with Crippen molar-refractivity contribution in [2.45, 2.75) is 12.6 Å². The van der Waals surface area contributed by atoms with Gasteiger partial charge in [-0.25, -0.2) is 0 Å². The highest BCUT2D eigenvalue weighted by atomic mass is 32.1. The standard InChI is InChI=1S/C22H17F3O3S/c23-22(24,25)17-8-6-15(7-9-17)3-2-11-28-18-5-1-4-16(13-18)19-10-12-29-20(19)14-21(26)27/h1-10,12-13H,11,14H2,(H,26,27)/b3-2+. The van der Waals surface area contributed by atoms with Crippen molar-refractivity contribution in [1.82, 2.24) is 0 Å². The Morgan fingerprint density at radius 3 is 2.55 bits per heavy atom. The van der Waals surface area contributed by atoms with Crippen LogP contribution in [0.2, 0.25) is 0 Å². The SMILES string of the molecule is O=C(O)Cc1sccc1-c1cccc(OC/C=C/c2ccc(C(F)(F)F)cc2)c1. The largest absolute Gasteiger partial charge is 0.490 e. The fraction of sp³-hybridized carbons (Fsp3) is 0.136. The maximum absolute atomic E-state index is 12.6. The topological polar surface area (TPSA) is 46.5 Å². The van der Waals surface area contributed by atoms with E-state index in [-0.39, 0.29) is 13.0 Å². The highest BCUT2D eigenvalue weighted by Gasteiger charge is 2.29. The smallest absolute Gasteiger partial charge is 0.416 e. The van der Waals surface area contributed by atoms with Crippen molar-refractivity contribution in [2.24, 2.45) is 0 Å². The Hall–Kier alpha value is -3.06. The molecule has 0 saturated heterocycles. The monoisotopic (exact) mass is 418 g/mol. The van der Waals surface area contributed by atoms with E-state index in [9.17, 15) is 18.0 Å². The zero-order valence-electron chi connectivity index (χ0n) is 15.1. The van der Waals surface area contributed by atoms with Gasteiger partial charge in [0.1, 0.15) is 12.4 Å². The zero-order valence-corrected chi connectivity index (χ0v) is 16.0. The third-order valence-corrected chi connectivity index (χ3v) is 5.02. The maximum Gasteiger partial charge on any atom is 0.416 e. The van der Waals surface area contributed by atoms with E-state index in [4.69, 9.17) is 9.84 Å². The molecule has 0 radical (unpaired) electrons. The van der Waals surface area contributed by atoms with Gasteiger partial charge < -0.3 is 9.84 Å². The summed E-state index contributed by atoms with van der Waals surface area (Å²) < 4.78 is 43.4. The maximum atomic E-state index is 12.6. The molecule has 0 saturated carbocycles. The van der Waals surface area contributed by atoms with Gasteiger partial charge in [0.25, 0.3) is 0 Å². The minimum Gasteiger partial charge on any atom is -0.490 e. The molecule has 150 valence electrons. The molecule has 1 aromatic heterocycles. The Balaban J connectivity index is 1.62. The van der Waals surface area contributed by atoms with E-state index >= 15 is 0 Å². The summed E-state index contributed by atoms with van der Waals surface area (Å²) in [4.78, 5) is 11.8. The summed E-state index contributed by atoms with van der Waals surface area (Å²) in [6.07, 6.45) is -0.972. The van der Waals surface area contributed by atoms with Crippen LogP contribution < -0.4 is 4.74 Å². The van der Waals surface area contributed by atoms with Gasteiger partial charge in [-0.3, -0.25) is 4.79 Å². The van der Waals surface area contributed by atoms with E-state index < -0.39 is 17.7 Å². The fourth-order valence-corrected chi connectivity index (χ4v) is 3.63. The second kappa shape index (κ2) is 8.96. The first-order chi connectivity index (χ1) is 13.8. The van der Waals surface area contributed by atoms with E-state index in [1.54, 1.807) is 18.2 Å². The zero-order chi connectivity index (χ0) is 20.9. The lowest BCUT2D eigenvalue weighted by atomic mass is 10.1. The van der Waals surface area contributed by atoms with Crippen LogP contribution in [0.25, 0.3) is 17.2 Å². The van der Waals surface area contributed by atoms with Crippen LogP contribution in [0.1, 0.15) is 16.0 Å². The van der Waals surface area contributed by atoms with Crippen LogP contribution in [0.3, 0.4) is 0 Å². The lowest BCUT2D eigenvalue weighted by Crippen LogP contribution is -2.03. The molecule has 1 N–H and O–H groups in total. The van der Waals surface area contributed by atoms with Crippen LogP contribution in [0.5, 0.6) is 5.75 Å². The van der Waals surface area contributed by atoms with Crippen LogP contribution in [-0.4, -0.2) is 17.7 Å². The number of benzene rings is 2. The van der Waals surface area contributed by atoms with Gasteiger partial charge in [0, 0.05) is 4.88 Å². The molecule has 3 aromatic rings. The molecule has 0 bridgehead atoms. The second-order valence-electron chi connectivity index (χ2n) is 6.19. The Kier molecular flexibility index (Phi) is 6.39. The normalized spacial score (nSPS) is 11.7. The van der Waals surface area contributed by atoms with E-state index in [2.05, 4.69) is 0 Å². The molecule has 0 unspecified atom stereocenters. The number of hydrogen-bond donors (Lipinski definition) is 1. The van der Waals surface area contributed by atoms with Gasteiger partial charge in [0.05, 0.1) is 12.0 Å². The number of hydrogen-bond acceptors (Lipinski definition) is 3. The van der Waals surface area contributed by atoms with Gasteiger partial charge in [0.2, 0.25) is 0 Å². The van der Waals surface area contributed by atoms with Gasteiger partial charge in [-0.1, -0.05) is 30.3 Å². The number of halogens is 3. The van der Waals surface area contributed by atoms with Gasteiger partial charge >= 0.3 is 12.1 Å². The van der Waals surface area contributed by atoms with Crippen molar-refractivity contribution >= 4 is 23.4 Å². The molecule has 0 fully saturated rings. The predicted octanol–water partition coefficient (Wildman–Crippen LogP) is 6.15. The Labute approximate surface area is 169 Å². The second-order valence-corrected chi connectivity index (χ2v) is 7.19. The van der Waals surface area contributed by atoms with Crippen molar-refractivity contribution in [2.75, 3.05) is 6.61 Å². The van der Waals surface area contributed by atoms with Crippen molar-refractivity contribution in [3.8, 4) is 16.9 Å². The van der Waals surface area contributed by atoms with Crippen molar-refractivity contribution < 1.29 is 27.8 Å². The minimum absolute atomic E-state index is 0.0338. The fourth-order valence-electron chi connectivity index (χ4n) is 2.74. The first-order valence-corrected chi connectivity index (χ1v) is 9.56. The number of alkyl halides is 3. The predicted molar refractivity (Wildman–Crippen MR) is 107 cm³/mol. The molecule has 0 spiro atoms. The molecule has 29 heavy (non-hydrogen) atoms. The van der Waals surface area contributed by atoms with Crippen LogP contribution in [0, 0.1) is 0 Å². The van der Waals surface area contributed by atoms with Crippen LogP contribution >= 0.6 is 11.3 Å². The summed E-state index contributed by atoms with van der Waals surface area (Å²) in [6, 6.07) is 14.1. The molecule has 0 aliphatic rings. The molecular weight excluding hydrogens is 401 g/mol. The van der Waals surface area contributed by atoms with Gasteiger partial charge in [0.15, 0.2) is 0 Å². The molecule has 0 atom stereocenters. The summed E-state index contributed by atoms with van der Waals surface area (Å²) in [5.74, 6) is -0.262. The summed E-state index contributed by atoms with van der Waals surface area (Å²) in [6.45, 7) is 0.246. The lowest BCUT2D eigenvalue weighted by molar-refractivity contribution is -0.138. The summed E-state index contributed by atoms with van der Waals surface area (Å²) >= 11 is 1.40. The van der Waals surface area contributed by atoms with Crippen molar-refractivity contribution in [3.05, 3.63) is 82.1 Å². The molecule has 7 heteroatoms. The average molecular weight is 418 g/mol. The summed E-state index contributed by atoms with van der Waals surface area (Å²) in [7, 11) is 0. The van der Waals surface area contributed by atoms with Gasteiger partial charge in [-0.05, 0) is 58.5 Å². The van der Waals surface area contributed by atoms with Crippen LogP contribution in [-0.2, 0) is 17.4 Å².